The Morgan fingerprint density at radius 1 is 1.12 bits per heavy atom. The number of hydrogen-bond acceptors (Lipinski definition) is 8. The lowest BCUT2D eigenvalue weighted by Crippen LogP contribution is -2.48. The summed E-state index contributed by atoms with van der Waals surface area (Å²) in [6.07, 6.45) is 1.95. The highest BCUT2D eigenvalue weighted by Gasteiger charge is 2.45. The smallest absolute Gasteiger partial charge is 0.395 e. The topological polar surface area (TPSA) is 103 Å². The molecule has 32 heavy (non-hydrogen) atoms. The van der Waals surface area contributed by atoms with Crippen molar-refractivity contribution >= 4 is 22.5 Å². The Labute approximate surface area is 182 Å². The molecule has 2 saturated heterocycles. The van der Waals surface area contributed by atoms with Gasteiger partial charge in [-0.15, -0.1) is 13.9 Å². The number of rotatable bonds is 3. The number of hydrogen-bond donors (Lipinski definition) is 2. The molecular weight excluding hydrogens is 420 g/mol. The highest BCUT2D eigenvalue weighted by Crippen LogP contribution is 2.45. The van der Waals surface area contributed by atoms with Gasteiger partial charge in [0.15, 0.2) is 23.0 Å². The van der Waals surface area contributed by atoms with Crippen LogP contribution in [0.5, 0.6) is 11.5 Å². The van der Waals surface area contributed by atoms with E-state index < -0.39 is 6.29 Å². The molecule has 9 nitrogen and oxygen atoms in total. The maximum Gasteiger partial charge on any atom is 0.586 e. The van der Waals surface area contributed by atoms with E-state index in [1.165, 1.54) is 36.3 Å². The fraction of sp³-hybridized carbons (Fsp3) is 0.571. The third-order valence-electron chi connectivity index (χ3n) is 6.94. The summed E-state index contributed by atoms with van der Waals surface area (Å²) >= 11 is 0. The summed E-state index contributed by atoms with van der Waals surface area (Å²) in [6.45, 7) is 5.28. The Balaban J connectivity index is 1.26. The summed E-state index contributed by atoms with van der Waals surface area (Å²) in [5.41, 5.74) is 7.17. The van der Waals surface area contributed by atoms with E-state index in [0.717, 1.165) is 32.7 Å². The number of piperidine rings is 2. The van der Waals surface area contributed by atoms with Gasteiger partial charge in [0.1, 0.15) is 5.52 Å². The standard InChI is InChI=1S/C21H25F2N7O2/c22-21(23)31-14-3-2-13-16(17(14)32-21)27-19(24)30-18(13)26-15(28-30)4-11-29-10-1-5-20(12-29)6-8-25-9-7-20/h2-3,25H,1,4-12H2,(H2,24,27). The minimum atomic E-state index is -3.72. The minimum absolute atomic E-state index is 0.0603. The van der Waals surface area contributed by atoms with Gasteiger partial charge in [-0.3, -0.25) is 0 Å². The molecule has 6 rings (SSSR count). The highest BCUT2D eigenvalue weighted by atomic mass is 19.3. The van der Waals surface area contributed by atoms with Crippen LogP contribution in [0.25, 0.3) is 16.6 Å². The first-order chi connectivity index (χ1) is 15.4. The third-order valence-corrected chi connectivity index (χ3v) is 6.94. The van der Waals surface area contributed by atoms with Crippen LogP contribution < -0.4 is 20.5 Å². The van der Waals surface area contributed by atoms with Crippen molar-refractivity contribution < 1.29 is 18.3 Å². The summed E-state index contributed by atoms with van der Waals surface area (Å²) in [6, 6.07) is 3.06. The van der Waals surface area contributed by atoms with Crippen LogP contribution in [0, 0.1) is 5.41 Å². The van der Waals surface area contributed by atoms with E-state index in [-0.39, 0.29) is 23.0 Å². The van der Waals surface area contributed by atoms with E-state index in [1.807, 2.05) is 0 Å². The van der Waals surface area contributed by atoms with Crippen molar-refractivity contribution in [2.24, 2.45) is 5.41 Å². The van der Waals surface area contributed by atoms with E-state index in [2.05, 4.69) is 34.8 Å². The molecule has 3 aromatic rings. The number of halogens is 2. The minimum Gasteiger partial charge on any atom is -0.395 e. The molecule has 0 radical (unpaired) electrons. The zero-order valence-electron chi connectivity index (χ0n) is 17.6. The monoisotopic (exact) mass is 445 g/mol. The van der Waals surface area contributed by atoms with Gasteiger partial charge in [0.25, 0.3) is 0 Å². The maximum atomic E-state index is 13.5. The average Bonchev–Trinajstić information content (AvgIpc) is 3.33. The summed E-state index contributed by atoms with van der Waals surface area (Å²) in [7, 11) is 0. The van der Waals surface area contributed by atoms with E-state index in [0.29, 0.717) is 28.7 Å². The molecule has 0 amide bonds. The van der Waals surface area contributed by atoms with Crippen molar-refractivity contribution in [1.82, 2.24) is 29.8 Å². The summed E-state index contributed by atoms with van der Waals surface area (Å²) < 4.78 is 37.7. The molecular formula is C21H25F2N7O2. The molecule has 5 heterocycles. The Bertz CT molecular complexity index is 1190. The summed E-state index contributed by atoms with van der Waals surface area (Å²) in [4.78, 5) is 11.4. The zero-order chi connectivity index (χ0) is 21.9. The van der Waals surface area contributed by atoms with Crippen molar-refractivity contribution in [2.75, 3.05) is 38.5 Å². The molecule has 2 aromatic heterocycles. The van der Waals surface area contributed by atoms with Crippen LogP contribution in [0.1, 0.15) is 31.5 Å². The first-order valence-corrected chi connectivity index (χ1v) is 11.1. The Morgan fingerprint density at radius 2 is 1.97 bits per heavy atom. The third kappa shape index (κ3) is 3.30. The maximum absolute atomic E-state index is 13.5. The molecule has 3 N–H and O–H groups in total. The second-order valence-corrected chi connectivity index (χ2v) is 9.07. The molecule has 170 valence electrons. The fourth-order valence-electron chi connectivity index (χ4n) is 5.37. The highest BCUT2D eigenvalue weighted by molar-refractivity contribution is 5.97. The van der Waals surface area contributed by atoms with Crippen molar-refractivity contribution in [3.8, 4) is 11.5 Å². The molecule has 2 fully saturated rings. The second kappa shape index (κ2) is 7.11. The molecule has 0 unspecified atom stereocenters. The number of fused-ring (bicyclic) bond motifs is 5. The molecule has 0 saturated carbocycles. The van der Waals surface area contributed by atoms with E-state index in [9.17, 15) is 8.78 Å². The number of aromatic nitrogens is 4. The van der Waals surface area contributed by atoms with E-state index >= 15 is 0 Å². The van der Waals surface area contributed by atoms with Gasteiger partial charge in [0.2, 0.25) is 5.95 Å². The predicted molar refractivity (Wildman–Crippen MR) is 113 cm³/mol. The van der Waals surface area contributed by atoms with Crippen molar-refractivity contribution in [2.45, 2.75) is 38.4 Å². The number of ether oxygens (including phenoxy) is 2. The Morgan fingerprint density at radius 3 is 2.81 bits per heavy atom. The molecule has 0 bridgehead atoms. The normalized spacial score (nSPS) is 22.2. The van der Waals surface area contributed by atoms with Gasteiger partial charge in [0.05, 0.1) is 0 Å². The summed E-state index contributed by atoms with van der Waals surface area (Å²) in [5, 5.41) is 8.53. The van der Waals surface area contributed by atoms with Crippen LogP contribution in [0.2, 0.25) is 0 Å². The zero-order valence-corrected chi connectivity index (χ0v) is 17.6. The van der Waals surface area contributed by atoms with Crippen LogP contribution in [0.3, 0.4) is 0 Å². The number of nitrogens with two attached hydrogens (primary N) is 1. The molecule has 1 spiro atoms. The molecule has 11 heteroatoms. The number of likely N-dealkylation sites (tertiary alicyclic amines) is 1. The average molecular weight is 445 g/mol. The number of benzene rings is 1. The first kappa shape index (κ1) is 19.9. The van der Waals surface area contributed by atoms with Gasteiger partial charge in [-0.25, -0.2) is 9.97 Å². The van der Waals surface area contributed by atoms with Crippen molar-refractivity contribution in [3.05, 3.63) is 18.0 Å². The number of nitrogens with zero attached hydrogens (tertiary/aromatic N) is 5. The van der Waals surface area contributed by atoms with E-state index in [1.54, 1.807) is 6.07 Å². The largest absolute Gasteiger partial charge is 0.586 e. The molecule has 3 aliphatic heterocycles. The lowest BCUT2D eigenvalue weighted by Gasteiger charge is -2.45. The first-order valence-electron chi connectivity index (χ1n) is 11.1. The van der Waals surface area contributed by atoms with Crippen LogP contribution in [0.15, 0.2) is 12.1 Å². The number of anilines is 1. The number of alkyl halides is 2. The van der Waals surface area contributed by atoms with Crippen LogP contribution in [-0.4, -0.2) is 63.5 Å². The molecule has 3 aliphatic rings. The predicted octanol–water partition coefficient (Wildman–Crippen LogP) is 2.19. The van der Waals surface area contributed by atoms with Gasteiger partial charge in [-0.1, -0.05) is 0 Å². The fourth-order valence-corrected chi connectivity index (χ4v) is 5.37. The molecule has 0 atom stereocenters. The SMILES string of the molecule is Nc1nc2c3c(ccc2c2nc(CCN4CCCC5(CCNCC5)C4)nn12)OC(F)(F)O3. The van der Waals surface area contributed by atoms with Gasteiger partial charge < -0.3 is 25.4 Å². The van der Waals surface area contributed by atoms with Crippen LogP contribution in [-0.2, 0) is 6.42 Å². The van der Waals surface area contributed by atoms with Gasteiger partial charge >= 0.3 is 6.29 Å². The lowest BCUT2D eigenvalue weighted by atomic mass is 9.73. The van der Waals surface area contributed by atoms with Crippen molar-refractivity contribution in [1.29, 1.82) is 0 Å². The van der Waals surface area contributed by atoms with Crippen molar-refractivity contribution in [3.63, 3.8) is 0 Å². The number of nitrogen functional groups attached to an aromatic ring is 1. The Kier molecular flexibility index (Phi) is 4.41. The number of nitrogens with one attached hydrogen (secondary N) is 1. The van der Waals surface area contributed by atoms with Gasteiger partial charge in [-0.2, -0.15) is 4.52 Å². The van der Waals surface area contributed by atoms with Gasteiger partial charge in [0, 0.05) is 24.9 Å². The van der Waals surface area contributed by atoms with E-state index in [4.69, 9.17) is 5.73 Å². The van der Waals surface area contributed by atoms with Crippen LogP contribution in [0.4, 0.5) is 14.7 Å². The molecule has 0 aliphatic carbocycles. The van der Waals surface area contributed by atoms with Crippen LogP contribution >= 0.6 is 0 Å². The van der Waals surface area contributed by atoms with Gasteiger partial charge in [-0.05, 0) is 62.9 Å². The quantitative estimate of drug-likeness (QED) is 0.633. The second-order valence-electron chi connectivity index (χ2n) is 9.07. The molecule has 1 aromatic carbocycles. The summed E-state index contributed by atoms with van der Waals surface area (Å²) in [5.74, 6) is 0.506. The lowest BCUT2D eigenvalue weighted by molar-refractivity contribution is -0.286. The Hall–Kier alpha value is -2.79.